The Balaban J connectivity index is 1.51. The van der Waals surface area contributed by atoms with Crippen molar-refractivity contribution in [3.05, 3.63) is 58.3 Å². The number of nitrogens with one attached hydrogen (secondary N) is 1. The Bertz CT molecular complexity index is 727. The van der Waals surface area contributed by atoms with Gasteiger partial charge in [0, 0.05) is 30.9 Å². The third-order valence-electron chi connectivity index (χ3n) is 4.52. The molecule has 2 aromatic rings. The van der Waals surface area contributed by atoms with E-state index in [4.69, 9.17) is 4.74 Å². The fraction of sp³-hybridized carbons (Fsp3) is 0.471. The first-order valence-electron chi connectivity index (χ1n) is 8.11. The molecule has 2 unspecified atom stereocenters. The highest BCUT2D eigenvalue weighted by atomic mass is 16.5. The molecule has 120 valence electrons. The number of ether oxygens (including phenoxy) is 1. The van der Waals surface area contributed by atoms with Gasteiger partial charge in [-0.2, -0.15) is 5.10 Å². The molecule has 1 aliphatic heterocycles. The van der Waals surface area contributed by atoms with Crippen molar-refractivity contribution in [2.75, 3.05) is 13.2 Å². The molecule has 0 amide bonds. The van der Waals surface area contributed by atoms with Crippen molar-refractivity contribution in [1.29, 1.82) is 0 Å². The molecule has 1 saturated heterocycles. The van der Waals surface area contributed by atoms with Gasteiger partial charge in [-0.15, -0.1) is 0 Å². The maximum atomic E-state index is 12.2. The summed E-state index contributed by atoms with van der Waals surface area (Å²) in [5, 5.41) is 8.08. The molecule has 0 bridgehead atoms. The van der Waals surface area contributed by atoms with Crippen molar-refractivity contribution in [2.24, 2.45) is 0 Å². The standard InChI is InChI=1S/C17H20N4O2/c22-17-4-3-14(13-1-2-13)20-21(17)16-11-23-10-15(16)19-9-12-5-7-18-8-6-12/h3-8,13,15-16,19H,1-2,9-11H2. The molecule has 0 radical (unpaired) electrons. The van der Waals surface area contributed by atoms with Gasteiger partial charge in [0.05, 0.1) is 31.0 Å². The summed E-state index contributed by atoms with van der Waals surface area (Å²) in [7, 11) is 0. The Morgan fingerprint density at radius 1 is 1.17 bits per heavy atom. The van der Waals surface area contributed by atoms with Crippen LogP contribution < -0.4 is 10.9 Å². The molecule has 23 heavy (non-hydrogen) atoms. The van der Waals surface area contributed by atoms with Crippen molar-refractivity contribution in [2.45, 2.75) is 37.4 Å². The monoisotopic (exact) mass is 312 g/mol. The van der Waals surface area contributed by atoms with Crippen LogP contribution in [0.5, 0.6) is 0 Å². The third-order valence-corrected chi connectivity index (χ3v) is 4.52. The van der Waals surface area contributed by atoms with E-state index in [1.54, 1.807) is 23.1 Å². The lowest BCUT2D eigenvalue weighted by atomic mass is 10.1. The van der Waals surface area contributed by atoms with Crippen LogP contribution in [0, 0.1) is 0 Å². The molecule has 2 aliphatic rings. The van der Waals surface area contributed by atoms with E-state index in [1.165, 1.54) is 12.8 Å². The summed E-state index contributed by atoms with van der Waals surface area (Å²) in [5.41, 5.74) is 2.14. The van der Waals surface area contributed by atoms with Gasteiger partial charge in [0.1, 0.15) is 0 Å². The summed E-state index contributed by atoms with van der Waals surface area (Å²) in [5.74, 6) is 0.535. The van der Waals surface area contributed by atoms with Gasteiger partial charge in [-0.1, -0.05) is 0 Å². The minimum atomic E-state index is -0.0550. The topological polar surface area (TPSA) is 69.0 Å². The second kappa shape index (κ2) is 6.22. The lowest BCUT2D eigenvalue weighted by Crippen LogP contribution is -2.41. The van der Waals surface area contributed by atoms with Crippen LogP contribution >= 0.6 is 0 Å². The van der Waals surface area contributed by atoms with E-state index in [0.717, 1.165) is 17.8 Å². The third kappa shape index (κ3) is 3.18. The number of hydrogen-bond donors (Lipinski definition) is 1. The Hall–Kier alpha value is -2.05. The lowest BCUT2D eigenvalue weighted by molar-refractivity contribution is 0.180. The van der Waals surface area contributed by atoms with Crippen molar-refractivity contribution in [3.63, 3.8) is 0 Å². The van der Waals surface area contributed by atoms with E-state index >= 15 is 0 Å². The van der Waals surface area contributed by atoms with Crippen LogP contribution in [0.15, 0.2) is 41.5 Å². The molecule has 1 aliphatic carbocycles. The Kier molecular flexibility index (Phi) is 3.93. The SMILES string of the molecule is O=c1ccc(C2CC2)nn1C1COCC1NCc1ccncc1. The molecule has 1 N–H and O–H groups in total. The predicted molar refractivity (Wildman–Crippen MR) is 85.2 cm³/mol. The lowest BCUT2D eigenvalue weighted by Gasteiger charge is -2.20. The highest BCUT2D eigenvalue weighted by Crippen LogP contribution is 2.38. The van der Waals surface area contributed by atoms with Gasteiger partial charge < -0.3 is 10.1 Å². The largest absolute Gasteiger partial charge is 0.377 e. The van der Waals surface area contributed by atoms with Crippen molar-refractivity contribution >= 4 is 0 Å². The molecule has 2 atom stereocenters. The van der Waals surface area contributed by atoms with Crippen molar-refractivity contribution in [3.8, 4) is 0 Å². The summed E-state index contributed by atoms with van der Waals surface area (Å²) in [6.45, 7) is 1.84. The molecule has 2 aromatic heterocycles. The van der Waals surface area contributed by atoms with Gasteiger partial charge in [0.15, 0.2) is 0 Å². The maximum absolute atomic E-state index is 12.2. The van der Waals surface area contributed by atoms with Gasteiger partial charge in [-0.3, -0.25) is 9.78 Å². The highest BCUT2D eigenvalue weighted by Gasteiger charge is 2.32. The van der Waals surface area contributed by atoms with E-state index in [2.05, 4.69) is 15.4 Å². The summed E-state index contributed by atoms with van der Waals surface area (Å²) in [4.78, 5) is 16.3. The number of nitrogens with zero attached hydrogens (tertiary/aromatic N) is 3. The molecule has 3 heterocycles. The molecule has 4 rings (SSSR count). The van der Waals surface area contributed by atoms with Gasteiger partial charge >= 0.3 is 0 Å². The average molecular weight is 312 g/mol. The van der Waals surface area contributed by atoms with Crippen molar-refractivity contribution in [1.82, 2.24) is 20.1 Å². The molecule has 0 spiro atoms. The van der Waals surface area contributed by atoms with Crippen LogP contribution in [0.3, 0.4) is 0 Å². The summed E-state index contributed by atoms with van der Waals surface area (Å²) in [6, 6.07) is 7.50. The Morgan fingerprint density at radius 3 is 2.78 bits per heavy atom. The molecule has 6 heteroatoms. The van der Waals surface area contributed by atoms with Gasteiger partial charge in [0.2, 0.25) is 0 Å². The number of rotatable bonds is 5. The summed E-state index contributed by atoms with van der Waals surface area (Å²) < 4.78 is 7.22. The van der Waals surface area contributed by atoms with E-state index in [1.807, 2.05) is 18.2 Å². The Labute approximate surface area is 134 Å². The van der Waals surface area contributed by atoms with E-state index in [-0.39, 0.29) is 17.6 Å². The van der Waals surface area contributed by atoms with Crippen LogP contribution in [0.2, 0.25) is 0 Å². The summed E-state index contributed by atoms with van der Waals surface area (Å²) >= 11 is 0. The molecule has 2 fully saturated rings. The van der Waals surface area contributed by atoms with Crippen LogP contribution in [-0.2, 0) is 11.3 Å². The number of pyridine rings is 1. The normalized spacial score (nSPS) is 24.0. The quantitative estimate of drug-likeness (QED) is 0.900. The molecular formula is C17H20N4O2. The predicted octanol–water partition coefficient (Wildman–Crippen LogP) is 1.25. The minimum Gasteiger partial charge on any atom is -0.377 e. The van der Waals surface area contributed by atoms with Crippen LogP contribution in [0.25, 0.3) is 0 Å². The molecule has 0 aromatic carbocycles. The van der Waals surface area contributed by atoms with Gasteiger partial charge in [-0.25, -0.2) is 4.68 Å². The minimum absolute atomic E-state index is 0.0527. The highest BCUT2D eigenvalue weighted by molar-refractivity contribution is 5.13. The van der Waals surface area contributed by atoms with Crippen LogP contribution in [0.4, 0.5) is 0 Å². The summed E-state index contributed by atoms with van der Waals surface area (Å²) in [6.07, 6.45) is 5.92. The zero-order valence-corrected chi connectivity index (χ0v) is 12.9. The second-order valence-electron chi connectivity index (χ2n) is 6.26. The first kappa shape index (κ1) is 14.5. The smallest absolute Gasteiger partial charge is 0.267 e. The second-order valence-corrected chi connectivity index (χ2v) is 6.26. The molecule has 6 nitrogen and oxygen atoms in total. The van der Waals surface area contributed by atoms with Crippen molar-refractivity contribution < 1.29 is 4.74 Å². The number of aromatic nitrogens is 3. The average Bonchev–Trinajstić information content (AvgIpc) is 3.33. The molecule has 1 saturated carbocycles. The Morgan fingerprint density at radius 2 is 2.00 bits per heavy atom. The zero-order valence-electron chi connectivity index (χ0n) is 12.9. The van der Waals surface area contributed by atoms with E-state index in [0.29, 0.717) is 19.1 Å². The fourth-order valence-electron chi connectivity index (χ4n) is 3.00. The zero-order chi connectivity index (χ0) is 15.6. The number of hydrogen-bond acceptors (Lipinski definition) is 5. The van der Waals surface area contributed by atoms with E-state index < -0.39 is 0 Å². The van der Waals surface area contributed by atoms with E-state index in [9.17, 15) is 4.79 Å². The van der Waals surface area contributed by atoms with Crippen LogP contribution in [0.1, 0.15) is 36.1 Å². The maximum Gasteiger partial charge on any atom is 0.267 e. The van der Waals surface area contributed by atoms with Crippen LogP contribution in [-0.4, -0.2) is 34.0 Å². The molecular weight excluding hydrogens is 292 g/mol. The first-order valence-corrected chi connectivity index (χ1v) is 8.11. The first-order chi connectivity index (χ1) is 11.3. The fourth-order valence-corrected chi connectivity index (χ4v) is 3.00. The van der Waals surface area contributed by atoms with Gasteiger partial charge in [-0.05, 0) is 36.6 Å². The van der Waals surface area contributed by atoms with Gasteiger partial charge in [0.25, 0.3) is 5.56 Å².